The Kier molecular flexibility index (Phi) is 12.0. The van der Waals surface area contributed by atoms with Gasteiger partial charge in [0.1, 0.15) is 5.69 Å². The summed E-state index contributed by atoms with van der Waals surface area (Å²) in [5, 5.41) is 12.7. The maximum Gasteiger partial charge on any atom is 0.354 e. The first-order valence-corrected chi connectivity index (χ1v) is 14.7. The smallest absolute Gasteiger partial charge is 0.354 e. The summed E-state index contributed by atoms with van der Waals surface area (Å²) in [5.74, 6) is -3.26. The molecule has 0 radical (unpaired) electrons. The van der Waals surface area contributed by atoms with Crippen molar-refractivity contribution in [1.82, 2.24) is 10.3 Å². The fraction of sp³-hybridized carbons (Fsp3) is 0.793. The minimum Gasteiger partial charge on any atom is -0.477 e. The number of carboxylic acid groups (broad SMARTS) is 1. The molecule has 9 heteroatoms. The molecule has 2 saturated carbocycles. The van der Waals surface area contributed by atoms with Crippen LogP contribution in [0.1, 0.15) is 107 Å². The fourth-order valence-corrected chi connectivity index (χ4v) is 5.07. The Bertz CT molecular complexity index is 854. The molecule has 0 aromatic carbocycles. The van der Waals surface area contributed by atoms with Gasteiger partial charge in [-0.1, -0.05) is 51.9 Å². The summed E-state index contributed by atoms with van der Waals surface area (Å²) >= 11 is 0. The Labute approximate surface area is 226 Å². The lowest BCUT2D eigenvalue weighted by molar-refractivity contribution is -0.0265. The van der Waals surface area contributed by atoms with Crippen LogP contribution in [0, 0.1) is 5.92 Å². The molecule has 0 amide bonds. The molecule has 1 aliphatic heterocycles. The van der Waals surface area contributed by atoms with Crippen LogP contribution in [0.4, 0.5) is 14.5 Å². The summed E-state index contributed by atoms with van der Waals surface area (Å²) in [6.45, 7) is 4.00. The quantitative estimate of drug-likeness (QED) is 0.209. The van der Waals surface area contributed by atoms with Crippen LogP contribution >= 0.6 is 0 Å². The largest absolute Gasteiger partial charge is 0.477 e. The normalized spacial score (nSPS) is 19.1. The number of aromatic carboxylic acids is 1. The van der Waals surface area contributed by atoms with Gasteiger partial charge in [-0.05, 0) is 76.1 Å². The average Bonchev–Trinajstić information content (AvgIpc) is 3.68. The molecule has 4 N–H and O–H groups in total. The van der Waals surface area contributed by atoms with Crippen LogP contribution in [0.25, 0.3) is 0 Å². The van der Waals surface area contributed by atoms with Crippen LogP contribution in [-0.4, -0.2) is 60.3 Å². The van der Waals surface area contributed by atoms with Crippen molar-refractivity contribution in [1.29, 1.82) is 0 Å². The molecule has 3 aliphatic rings. The topological polar surface area (TPSA) is 101 Å². The summed E-state index contributed by atoms with van der Waals surface area (Å²) in [4.78, 5) is 16.3. The van der Waals surface area contributed by atoms with Crippen molar-refractivity contribution in [3.05, 3.63) is 17.8 Å². The first-order chi connectivity index (χ1) is 18.3. The minimum absolute atomic E-state index is 0.132. The van der Waals surface area contributed by atoms with Gasteiger partial charge >= 0.3 is 5.97 Å². The summed E-state index contributed by atoms with van der Waals surface area (Å²) in [6, 6.07) is 2.78. The highest BCUT2D eigenvalue weighted by molar-refractivity contribution is 5.86. The lowest BCUT2D eigenvalue weighted by Crippen LogP contribution is -2.56. The number of hydrogen-bond acceptors (Lipinski definition) is 6. The van der Waals surface area contributed by atoms with Crippen LogP contribution in [0.15, 0.2) is 12.1 Å². The van der Waals surface area contributed by atoms with E-state index in [0.717, 1.165) is 19.4 Å². The number of hydrogen-bond donors (Lipinski definition) is 3. The van der Waals surface area contributed by atoms with Crippen molar-refractivity contribution in [2.45, 2.75) is 108 Å². The number of nitrogens with one attached hydrogen (secondary N) is 1. The number of unbranched alkanes of at least 4 members (excludes halogenated alkanes) is 7. The molecule has 0 spiro atoms. The van der Waals surface area contributed by atoms with Crippen LogP contribution in [0.5, 0.6) is 5.88 Å². The maximum absolute atomic E-state index is 12.9. The van der Waals surface area contributed by atoms with Crippen LogP contribution in [-0.2, 0) is 0 Å². The average molecular weight is 539 g/mol. The monoisotopic (exact) mass is 538 g/mol. The van der Waals surface area contributed by atoms with Crippen LogP contribution < -0.4 is 20.7 Å². The van der Waals surface area contributed by atoms with E-state index in [0.29, 0.717) is 23.8 Å². The number of alkyl halides is 2. The van der Waals surface area contributed by atoms with Crippen molar-refractivity contribution < 1.29 is 23.4 Å². The van der Waals surface area contributed by atoms with Crippen molar-refractivity contribution in [2.75, 3.05) is 37.7 Å². The zero-order valence-electron chi connectivity index (χ0n) is 23.2. The van der Waals surface area contributed by atoms with Crippen molar-refractivity contribution >= 4 is 11.7 Å². The highest BCUT2D eigenvalue weighted by atomic mass is 19.3. The number of anilines is 1. The van der Waals surface area contributed by atoms with E-state index in [4.69, 9.17) is 15.6 Å². The van der Waals surface area contributed by atoms with Crippen molar-refractivity contribution in [2.24, 2.45) is 11.7 Å². The number of ether oxygens (including phenoxy) is 1. The second-order valence-electron chi connectivity index (χ2n) is 11.4. The minimum atomic E-state index is -2.70. The summed E-state index contributed by atoms with van der Waals surface area (Å²) in [5.41, 5.74) is 6.42. The summed E-state index contributed by atoms with van der Waals surface area (Å²) in [6.07, 6.45) is 18.7. The lowest BCUT2D eigenvalue weighted by atomic mass is 9.74. The van der Waals surface area contributed by atoms with Crippen molar-refractivity contribution in [3.8, 4) is 5.88 Å². The molecule has 1 saturated heterocycles. The molecule has 1 aromatic heterocycles. The number of carbonyl (C=O) groups is 1. The second-order valence-corrected chi connectivity index (χ2v) is 11.4. The number of nitrogens with two attached hydrogens (primary N) is 1. The molecule has 0 bridgehead atoms. The van der Waals surface area contributed by atoms with E-state index in [1.54, 1.807) is 0 Å². The van der Waals surface area contributed by atoms with Gasteiger partial charge in [0, 0.05) is 5.54 Å². The van der Waals surface area contributed by atoms with Gasteiger partial charge in [-0.15, -0.1) is 0 Å². The molecule has 0 unspecified atom stereocenters. The molecule has 2 aliphatic carbocycles. The Hall–Kier alpha value is -2.00. The van der Waals surface area contributed by atoms with Gasteiger partial charge in [0.05, 0.1) is 19.7 Å². The van der Waals surface area contributed by atoms with E-state index in [-0.39, 0.29) is 24.7 Å². The van der Waals surface area contributed by atoms with Gasteiger partial charge in [-0.2, -0.15) is 0 Å². The van der Waals surface area contributed by atoms with E-state index >= 15 is 0 Å². The summed E-state index contributed by atoms with van der Waals surface area (Å²) in [7, 11) is 0. The van der Waals surface area contributed by atoms with Gasteiger partial charge in [-0.3, -0.25) is 0 Å². The Morgan fingerprint density at radius 3 is 2.32 bits per heavy atom. The van der Waals surface area contributed by atoms with Crippen LogP contribution in [0.3, 0.4) is 0 Å². The molecule has 216 valence electrons. The van der Waals surface area contributed by atoms with Gasteiger partial charge in [0.2, 0.25) is 5.88 Å². The number of halogens is 2. The van der Waals surface area contributed by atoms with E-state index in [9.17, 15) is 13.6 Å². The SMILES string of the molecule is CCCCCCCCCCNC1(CCN)CCC1.O=C(O)c1ccc(N2CC(F)(F)C2)c(OCC2CC2)n1. The predicted octanol–water partition coefficient (Wildman–Crippen LogP) is 6.01. The van der Waals surface area contributed by atoms with Crippen molar-refractivity contribution in [3.63, 3.8) is 0 Å². The molecule has 0 atom stereocenters. The van der Waals surface area contributed by atoms with E-state index < -0.39 is 11.9 Å². The molecular formula is C29H48F2N4O3. The molecule has 3 fully saturated rings. The number of rotatable bonds is 17. The van der Waals surface area contributed by atoms with Gasteiger partial charge in [-0.25, -0.2) is 18.6 Å². The molecule has 1 aromatic rings. The van der Waals surface area contributed by atoms with Gasteiger partial charge in [0.25, 0.3) is 5.92 Å². The second kappa shape index (κ2) is 15.0. The third-order valence-corrected chi connectivity index (χ3v) is 7.86. The third-order valence-electron chi connectivity index (χ3n) is 7.86. The van der Waals surface area contributed by atoms with Crippen LogP contribution in [0.2, 0.25) is 0 Å². The number of carboxylic acids is 1. The Balaban J connectivity index is 0.000000212. The predicted molar refractivity (Wildman–Crippen MR) is 147 cm³/mol. The first kappa shape index (κ1) is 30.5. The number of aromatic nitrogens is 1. The Morgan fingerprint density at radius 2 is 1.79 bits per heavy atom. The fourth-order valence-electron chi connectivity index (χ4n) is 5.07. The zero-order valence-corrected chi connectivity index (χ0v) is 23.2. The molecular weight excluding hydrogens is 490 g/mol. The highest BCUT2D eigenvalue weighted by Gasteiger charge is 2.45. The molecule has 7 nitrogen and oxygen atoms in total. The van der Waals surface area contributed by atoms with Gasteiger partial charge < -0.3 is 25.8 Å². The zero-order chi connectivity index (χ0) is 27.4. The molecule has 4 rings (SSSR count). The molecule has 38 heavy (non-hydrogen) atoms. The van der Waals surface area contributed by atoms with Gasteiger partial charge in [0.15, 0.2) is 5.69 Å². The number of pyridine rings is 1. The molecule has 2 heterocycles. The number of nitrogens with zero attached hydrogens (tertiary/aromatic N) is 2. The summed E-state index contributed by atoms with van der Waals surface area (Å²) < 4.78 is 31.4. The van der Waals surface area contributed by atoms with E-state index in [1.807, 2.05) is 0 Å². The first-order valence-electron chi connectivity index (χ1n) is 14.7. The lowest BCUT2D eigenvalue weighted by Gasteiger charge is -2.43. The third kappa shape index (κ3) is 9.95. The standard InChI is InChI=1S/C16H34N2.C13H14F2N2O3/c1-2-3-4-5-6-7-8-9-15-18-16(13-14-17)11-10-12-16;14-13(15)6-17(7-13)10-4-3-9(12(18)19)16-11(10)20-5-8-1-2-8/h18H,2-15,17H2,1H3;3-4,8H,1-2,5-7H2,(H,18,19). The maximum atomic E-state index is 12.9. The van der Waals surface area contributed by atoms with E-state index in [1.165, 1.54) is 101 Å². The van der Waals surface area contributed by atoms with E-state index in [2.05, 4.69) is 17.2 Å². The highest BCUT2D eigenvalue weighted by Crippen LogP contribution is 2.38. The Morgan fingerprint density at radius 1 is 1.13 bits per heavy atom.